The van der Waals surface area contributed by atoms with Crippen molar-refractivity contribution >= 4 is 17.6 Å². The van der Waals surface area contributed by atoms with Crippen LogP contribution >= 0.6 is 0 Å². The summed E-state index contributed by atoms with van der Waals surface area (Å²) in [5.74, 6) is -3.33. The predicted octanol–water partition coefficient (Wildman–Crippen LogP) is 2.79. The molecule has 3 N–H and O–H groups in total. The van der Waals surface area contributed by atoms with E-state index in [0.717, 1.165) is 6.07 Å². The highest BCUT2D eigenvalue weighted by atomic mass is 19.1. The van der Waals surface area contributed by atoms with Crippen molar-refractivity contribution in [3.63, 3.8) is 0 Å². The third kappa shape index (κ3) is 3.00. The van der Waals surface area contributed by atoms with E-state index in [2.05, 4.69) is 5.32 Å². The summed E-state index contributed by atoms with van der Waals surface area (Å²) in [4.78, 5) is 23.0. The van der Waals surface area contributed by atoms with Gasteiger partial charge in [-0.15, -0.1) is 0 Å². The van der Waals surface area contributed by atoms with E-state index in [1.54, 1.807) is 6.92 Å². The topological polar surface area (TPSA) is 86.6 Å². The number of hydrogen-bond donors (Lipinski definition) is 3. The first-order chi connectivity index (χ1) is 9.90. The van der Waals surface area contributed by atoms with Crippen molar-refractivity contribution in [3.8, 4) is 5.75 Å². The second kappa shape index (κ2) is 5.62. The van der Waals surface area contributed by atoms with E-state index in [9.17, 15) is 19.1 Å². The lowest BCUT2D eigenvalue weighted by Gasteiger charge is -2.09. The number of aromatic hydroxyl groups is 1. The summed E-state index contributed by atoms with van der Waals surface area (Å²) in [5, 5.41) is 20.9. The fourth-order valence-corrected chi connectivity index (χ4v) is 1.86. The molecule has 0 aliphatic carbocycles. The maximum Gasteiger partial charge on any atom is 0.336 e. The predicted molar refractivity (Wildman–Crippen MR) is 74.2 cm³/mol. The van der Waals surface area contributed by atoms with E-state index >= 15 is 0 Å². The van der Waals surface area contributed by atoms with Crippen molar-refractivity contribution in [1.82, 2.24) is 0 Å². The number of nitrogens with one attached hydrogen (secondary N) is 1. The van der Waals surface area contributed by atoms with Crippen LogP contribution in [0.4, 0.5) is 10.1 Å². The summed E-state index contributed by atoms with van der Waals surface area (Å²) >= 11 is 0. The maximum absolute atomic E-state index is 13.6. The Morgan fingerprint density at radius 2 is 1.90 bits per heavy atom. The molecule has 2 aromatic carbocycles. The monoisotopic (exact) mass is 289 g/mol. The number of carboxylic acids is 1. The van der Waals surface area contributed by atoms with Crippen molar-refractivity contribution in [2.24, 2.45) is 0 Å². The second-order valence-corrected chi connectivity index (χ2v) is 4.42. The quantitative estimate of drug-likeness (QED) is 0.811. The van der Waals surface area contributed by atoms with E-state index in [0.29, 0.717) is 5.56 Å². The number of aromatic carboxylic acids is 1. The number of rotatable bonds is 3. The Morgan fingerprint density at radius 1 is 1.19 bits per heavy atom. The van der Waals surface area contributed by atoms with E-state index in [-0.39, 0.29) is 11.3 Å². The van der Waals surface area contributed by atoms with Crippen molar-refractivity contribution < 1.29 is 24.2 Å². The molecule has 2 aromatic rings. The molecule has 0 bridgehead atoms. The summed E-state index contributed by atoms with van der Waals surface area (Å²) in [5.41, 5.74) is 0.278. The Labute approximate surface area is 119 Å². The molecule has 0 atom stereocenters. The Kier molecular flexibility index (Phi) is 3.89. The number of amides is 1. The van der Waals surface area contributed by atoms with Gasteiger partial charge in [0.2, 0.25) is 0 Å². The molecule has 2 rings (SSSR count). The van der Waals surface area contributed by atoms with Gasteiger partial charge >= 0.3 is 5.97 Å². The summed E-state index contributed by atoms with van der Waals surface area (Å²) in [6.45, 7) is 1.62. The summed E-state index contributed by atoms with van der Waals surface area (Å²) < 4.78 is 13.6. The first kappa shape index (κ1) is 14.5. The number of carboxylic acid groups (broad SMARTS) is 1. The zero-order valence-electron chi connectivity index (χ0n) is 11.1. The lowest BCUT2D eigenvalue weighted by molar-refractivity contribution is 0.0695. The van der Waals surface area contributed by atoms with Gasteiger partial charge < -0.3 is 15.5 Å². The number of aryl methyl sites for hydroxylation is 1. The van der Waals surface area contributed by atoms with Crippen molar-refractivity contribution in [3.05, 3.63) is 58.9 Å². The third-order valence-corrected chi connectivity index (χ3v) is 2.94. The molecule has 5 nitrogen and oxygen atoms in total. The first-order valence-electron chi connectivity index (χ1n) is 6.03. The average molecular weight is 289 g/mol. The number of hydrogen-bond acceptors (Lipinski definition) is 3. The standard InChI is InChI=1S/C15H12FNO4/c1-8-5-6-9(7-10(8)15(20)21)17-14(19)13-11(16)3-2-4-12(13)18/h2-7,18H,1H3,(H,17,19)(H,20,21). The Hall–Kier alpha value is -2.89. The van der Waals surface area contributed by atoms with Gasteiger partial charge in [-0.3, -0.25) is 4.79 Å². The van der Waals surface area contributed by atoms with Crippen LogP contribution < -0.4 is 5.32 Å². The number of phenolic OH excluding ortho intramolecular Hbond substituents is 1. The minimum absolute atomic E-state index is 0.0329. The maximum atomic E-state index is 13.6. The number of carbonyl (C=O) groups excluding carboxylic acids is 1. The van der Waals surface area contributed by atoms with Crippen molar-refractivity contribution in [1.29, 1.82) is 0 Å². The second-order valence-electron chi connectivity index (χ2n) is 4.42. The first-order valence-corrected chi connectivity index (χ1v) is 6.03. The fourth-order valence-electron chi connectivity index (χ4n) is 1.86. The van der Waals surface area contributed by atoms with Gasteiger partial charge in [0.05, 0.1) is 5.56 Å². The van der Waals surface area contributed by atoms with Gasteiger partial charge in [0.1, 0.15) is 17.1 Å². The van der Waals surface area contributed by atoms with Gasteiger partial charge in [0.25, 0.3) is 5.91 Å². The molecule has 21 heavy (non-hydrogen) atoms. The highest BCUT2D eigenvalue weighted by molar-refractivity contribution is 6.06. The van der Waals surface area contributed by atoms with Crippen LogP contribution in [0.5, 0.6) is 5.75 Å². The SMILES string of the molecule is Cc1ccc(NC(=O)c2c(O)cccc2F)cc1C(=O)O. The Balaban J connectivity index is 2.32. The molecule has 0 aliphatic rings. The largest absolute Gasteiger partial charge is 0.507 e. The summed E-state index contributed by atoms with van der Waals surface area (Å²) in [6, 6.07) is 7.81. The minimum atomic E-state index is -1.13. The van der Waals surface area contributed by atoms with Gasteiger partial charge in [0.15, 0.2) is 0 Å². The van der Waals surface area contributed by atoms with E-state index in [1.165, 1.54) is 30.3 Å². The van der Waals surface area contributed by atoms with E-state index in [4.69, 9.17) is 5.11 Å². The number of benzene rings is 2. The van der Waals surface area contributed by atoms with Gasteiger partial charge in [-0.25, -0.2) is 9.18 Å². The molecule has 0 saturated heterocycles. The third-order valence-electron chi connectivity index (χ3n) is 2.94. The molecule has 0 spiro atoms. The normalized spacial score (nSPS) is 10.2. The molecule has 108 valence electrons. The van der Waals surface area contributed by atoms with Crippen LogP contribution in [0.25, 0.3) is 0 Å². The van der Waals surface area contributed by atoms with E-state index in [1.807, 2.05) is 0 Å². The van der Waals surface area contributed by atoms with Crippen LogP contribution in [-0.2, 0) is 0 Å². The lowest BCUT2D eigenvalue weighted by atomic mass is 10.1. The molecule has 0 aliphatic heterocycles. The number of halogens is 1. The van der Waals surface area contributed by atoms with Crippen LogP contribution in [-0.4, -0.2) is 22.1 Å². The Bertz CT molecular complexity index is 707. The molecule has 0 heterocycles. The summed E-state index contributed by atoms with van der Waals surface area (Å²) in [6.07, 6.45) is 0. The number of anilines is 1. The van der Waals surface area contributed by atoms with Crippen molar-refractivity contribution in [2.75, 3.05) is 5.32 Å². The van der Waals surface area contributed by atoms with Crippen LogP contribution in [0.3, 0.4) is 0 Å². The van der Waals surface area contributed by atoms with Gasteiger partial charge in [-0.05, 0) is 36.8 Å². The van der Waals surface area contributed by atoms with Crippen molar-refractivity contribution in [2.45, 2.75) is 6.92 Å². The molecule has 1 amide bonds. The number of phenols is 1. The molecular weight excluding hydrogens is 277 g/mol. The zero-order valence-corrected chi connectivity index (χ0v) is 11.1. The highest BCUT2D eigenvalue weighted by Gasteiger charge is 2.17. The zero-order chi connectivity index (χ0) is 15.6. The fraction of sp³-hybridized carbons (Fsp3) is 0.0667. The van der Waals surface area contributed by atoms with E-state index < -0.39 is 29.0 Å². The van der Waals surface area contributed by atoms with Gasteiger partial charge in [-0.2, -0.15) is 0 Å². The van der Waals surface area contributed by atoms with Gasteiger partial charge in [0, 0.05) is 5.69 Å². The molecule has 0 fully saturated rings. The van der Waals surface area contributed by atoms with Gasteiger partial charge in [-0.1, -0.05) is 12.1 Å². The Morgan fingerprint density at radius 3 is 2.52 bits per heavy atom. The molecule has 0 saturated carbocycles. The molecule has 0 aromatic heterocycles. The smallest absolute Gasteiger partial charge is 0.336 e. The molecule has 0 radical (unpaired) electrons. The van der Waals surface area contributed by atoms with Crippen LogP contribution in [0.1, 0.15) is 26.3 Å². The number of carbonyl (C=O) groups is 2. The average Bonchev–Trinajstić information content (AvgIpc) is 2.40. The molecule has 0 unspecified atom stereocenters. The lowest BCUT2D eigenvalue weighted by Crippen LogP contribution is -2.14. The van der Waals surface area contributed by atoms with Crippen LogP contribution in [0.2, 0.25) is 0 Å². The highest BCUT2D eigenvalue weighted by Crippen LogP contribution is 2.22. The molecular formula is C15H12FNO4. The van der Waals surface area contributed by atoms with Crippen LogP contribution in [0.15, 0.2) is 36.4 Å². The summed E-state index contributed by atoms with van der Waals surface area (Å²) in [7, 11) is 0. The minimum Gasteiger partial charge on any atom is -0.507 e. The van der Waals surface area contributed by atoms with Crippen LogP contribution in [0, 0.1) is 12.7 Å². The molecule has 6 heteroatoms.